The molecule has 0 aromatic heterocycles. The lowest BCUT2D eigenvalue weighted by Crippen LogP contribution is -2.03. The molecule has 0 saturated carbocycles. The summed E-state index contributed by atoms with van der Waals surface area (Å²) in [5.74, 6) is -0.525. The van der Waals surface area contributed by atoms with Crippen molar-refractivity contribution in [1.29, 1.82) is 5.26 Å². The number of nitro groups is 1. The van der Waals surface area contributed by atoms with Crippen molar-refractivity contribution >= 4 is 33.5 Å². The van der Waals surface area contributed by atoms with Crippen LogP contribution in [0.25, 0.3) is 6.08 Å². The van der Waals surface area contributed by atoms with Gasteiger partial charge in [-0.3, -0.25) is 14.9 Å². The first-order valence-electron chi connectivity index (χ1n) is 8.95. The predicted octanol–water partition coefficient (Wildman–Crippen LogP) is 5.87. The third-order valence-electron chi connectivity index (χ3n) is 4.29. The van der Waals surface area contributed by atoms with Gasteiger partial charge in [-0.05, 0) is 45.8 Å². The Labute approximate surface area is 185 Å². The number of ether oxygens (including phenoxy) is 1. The van der Waals surface area contributed by atoms with E-state index in [2.05, 4.69) is 15.9 Å². The number of rotatable bonds is 7. The molecule has 0 atom stereocenters. The van der Waals surface area contributed by atoms with E-state index in [4.69, 9.17) is 4.74 Å². The van der Waals surface area contributed by atoms with Gasteiger partial charge in [0.2, 0.25) is 5.78 Å². The molecule has 3 aromatic carbocycles. The molecule has 0 saturated heterocycles. The largest absolute Gasteiger partial charge is 0.488 e. The minimum absolute atomic E-state index is 0.0369. The van der Waals surface area contributed by atoms with Gasteiger partial charge in [-0.25, -0.2) is 4.39 Å². The molecule has 0 heterocycles. The highest BCUT2D eigenvalue weighted by Gasteiger charge is 2.16. The van der Waals surface area contributed by atoms with E-state index in [0.717, 1.165) is 6.07 Å². The molecule has 0 amide bonds. The Bertz CT molecular complexity index is 1230. The number of hydrogen-bond acceptors (Lipinski definition) is 5. The maximum absolute atomic E-state index is 13.7. The molecule has 6 nitrogen and oxygen atoms in total. The molecular weight excluding hydrogens is 467 g/mol. The Hall–Kier alpha value is -3.83. The van der Waals surface area contributed by atoms with Gasteiger partial charge >= 0.3 is 0 Å². The second-order valence-corrected chi connectivity index (χ2v) is 7.23. The summed E-state index contributed by atoms with van der Waals surface area (Å²) in [5.41, 5.74) is 0.591. The minimum atomic E-state index is -0.623. The van der Waals surface area contributed by atoms with Crippen molar-refractivity contribution in [3.8, 4) is 11.8 Å². The molecule has 0 radical (unpaired) electrons. The van der Waals surface area contributed by atoms with E-state index in [1.807, 2.05) is 6.07 Å². The predicted molar refractivity (Wildman–Crippen MR) is 116 cm³/mol. The van der Waals surface area contributed by atoms with Crippen LogP contribution in [0.1, 0.15) is 21.5 Å². The van der Waals surface area contributed by atoms with Crippen LogP contribution in [0.4, 0.5) is 10.1 Å². The zero-order valence-corrected chi connectivity index (χ0v) is 17.5. The quantitative estimate of drug-likeness (QED) is 0.138. The lowest BCUT2D eigenvalue weighted by atomic mass is 10.0. The van der Waals surface area contributed by atoms with Crippen molar-refractivity contribution in [3.63, 3.8) is 0 Å². The molecule has 8 heteroatoms. The fourth-order valence-electron chi connectivity index (χ4n) is 2.73. The molecule has 0 bridgehead atoms. The van der Waals surface area contributed by atoms with Crippen molar-refractivity contribution in [2.75, 3.05) is 0 Å². The summed E-state index contributed by atoms with van der Waals surface area (Å²) in [5, 5.41) is 20.3. The van der Waals surface area contributed by atoms with Crippen LogP contribution in [0.5, 0.6) is 5.75 Å². The number of nitrogens with zero attached hydrogens (tertiary/aromatic N) is 2. The van der Waals surface area contributed by atoms with Crippen LogP contribution in [0.3, 0.4) is 0 Å². The molecule has 31 heavy (non-hydrogen) atoms. The number of halogens is 2. The van der Waals surface area contributed by atoms with E-state index in [-0.39, 0.29) is 29.2 Å². The van der Waals surface area contributed by atoms with Gasteiger partial charge in [0.15, 0.2) is 0 Å². The molecule has 0 aliphatic rings. The van der Waals surface area contributed by atoms with Crippen LogP contribution < -0.4 is 4.74 Å². The average Bonchev–Trinajstić information content (AvgIpc) is 2.77. The first kappa shape index (κ1) is 21.9. The number of non-ortho nitro benzene ring substituents is 1. The van der Waals surface area contributed by atoms with Crippen molar-refractivity contribution in [1.82, 2.24) is 0 Å². The molecule has 0 fully saturated rings. The topological polar surface area (TPSA) is 93.2 Å². The van der Waals surface area contributed by atoms with Gasteiger partial charge in [-0.15, -0.1) is 0 Å². The zero-order chi connectivity index (χ0) is 22.4. The Balaban J connectivity index is 1.80. The van der Waals surface area contributed by atoms with Crippen LogP contribution in [0, 0.1) is 27.3 Å². The van der Waals surface area contributed by atoms with Crippen molar-refractivity contribution in [2.45, 2.75) is 6.61 Å². The number of Topliss-reactive ketones (excluding diaryl/α,β-unsaturated/α-hetero) is 1. The van der Waals surface area contributed by atoms with E-state index in [1.165, 1.54) is 30.3 Å². The fourth-order valence-corrected chi connectivity index (χ4v) is 3.24. The smallest absolute Gasteiger partial charge is 0.270 e. The number of allylic oxidation sites excluding steroid dienone is 1. The van der Waals surface area contributed by atoms with Gasteiger partial charge in [0, 0.05) is 23.3 Å². The number of nitriles is 1. The van der Waals surface area contributed by atoms with Crippen LogP contribution in [-0.2, 0) is 6.61 Å². The molecular formula is C23H14BrFN2O4. The van der Waals surface area contributed by atoms with E-state index >= 15 is 0 Å². The van der Waals surface area contributed by atoms with E-state index in [9.17, 15) is 24.6 Å². The van der Waals surface area contributed by atoms with Gasteiger partial charge < -0.3 is 4.74 Å². The summed E-state index contributed by atoms with van der Waals surface area (Å²) in [7, 11) is 0. The standard InChI is InChI=1S/C23H14BrFN2O4/c24-20-11-15(8-9-22(20)31-14-17-4-1-2-7-21(17)25)10-18(13-26)23(28)16-5-3-6-19(12-16)27(29)30/h1-12H,14H2/b18-10+. The molecule has 3 rings (SSSR count). The third kappa shape index (κ3) is 5.41. The Morgan fingerprint density at radius 1 is 1.16 bits per heavy atom. The lowest BCUT2D eigenvalue weighted by Gasteiger charge is -2.09. The molecule has 0 N–H and O–H groups in total. The Kier molecular flexibility index (Phi) is 6.90. The maximum Gasteiger partial charge on any atom is 0.270 e. The third-order valence-corrected chi connectivity index (χ3v) is 4.91. The van der Waals surface area contributed by atoms with Crippen molar-refractivity contribution in [2.24, 2.45) is 0 Å². The second-order valence-electron chi connectivity index (χ2n) is 6.38. The summed E-state index contributed by atoms with van der Waals surface area (Å²) in [6.45, 7) is 0.0369. The Morgan fingerprint density at radius 3 is 2.61 bits per heavy atom. The van der Waals surface area contributed by atoms with Gasteiger partial charge in [0.1, 0.15) is 29.8 Å². The van der Waals surface area contributed by atoms with Crippen molar-refractivity contribution in [3.05, 3.63) is 109 Å². The molecule has 3 aromatic rings. The summed E-state index contributed by atoms with van der Waals surface area (Å²) >= 11 is 3.37. The highest BCUT2D eigenvalue weighted by atomic mass is 79.9. The zero-order valence-electron chi connectivity index (χ0n) is 15.9. The van der Waals surface area contributed by atoms with Crippen LogP contribution >= 0.6 is 15.9 Å². The number of nitro benzene ring substituents is 1. The molecule has 154 valence electrons. The second kappa shape index (κ2) is 9.78. The van der Waals surface area contributed by atoms with Crippen LogP contribution in [0.2, 0.25) is 0 Å². The maximum atomic E-state index is 13.7. The van der Waals surface area contributed by atoms with Crippen LogP contribution in [0.15, 0.2) is 76.8 Å². The number of carbonyl (C=O) groups is 1. The average molecular weight is 481 g/mol. The minimum Gasteiger partial charge on any atom is -0.488 e. The van der Waals surface area contributed by atoms with Gasteiger partial charge in [0.25, 0.3) is 5.69 Å². The summed E-state index contributed by atoms with van der Waals surface area (Å²) in [6, 6.07) is 18.2. The van der Waals surface area contributed by atoms with E-state index in [1.54, 1.807) is 36.4 Å². The highest BCUT2D eigenvalue weighted by Crippen LogP contribution is 2.28. The summed E-state index contributed by atoms with van der Waals surface area (Å²) < 4.78 is 19.9. The number of hydrogen-bond donors (Lipinski definition) is 0. The summed E-state index contributed by atoms with van der Waals surface area (Å²) in [4.78, 5) is 22.9. The fraction of sp³-hybridized carbons (Fsp3) is 0.0435. The SMILES string of the molecule is N#C/C(=C\c1ccc(OCc2ccccc2F)c(Br)c1)C(=O)c1cccc([N+](=O)[O-])c1. The van der Waals surface area contributed by atoms with E-state index < -0.39 is 10.7 Å². The van der Waals surface area contributed by atoms with Gasteiger partial charge in [-0.2, -0.15) is 5.26 Å². The first-order valence-corrected chi connectivity index (χ1v) is 9.75. The first-order chi connectivity index (χ1) is 14.9. The number of carbonyl (C=O) groups excluding carboxylic acids is 1. The normalized spacial score (nSPS) is 10.9. The molecule has 0 aliphatic carbocycles. The monoisotopic (exact) mass is 480 g/mol. The molecule has 0 unspecified atom stereocenters. The summed E-state index contributed by atoms with van der Waals surface area (Å²) in [6.07, 6.45) is 1.38. The van der Waals surface area contributed by atoms with Crippen LogP contribution in [-0.4, -0.2) is 10.7 Å². The Morgan fingerprint density at radius 2 is 1.94 bits per heavy atom. The number of benzene rings is 3. The van der Waals surface area contributed by atoms with Gasteiger partial charge in [-0.1, -0.05) is 36.4 Å². The van der Waals surface area contributed by atoms with Crippen molar-refractivity contribution < 1.29 is 18.8 Å². The lowest BCUT2D eigenvalue weighted by molar-refractivity contribution is -0.384. The molecule has 0 aliphatic heterocycles. The highest BCUT2D eigenvalue weighted by molar-refractivity contribution is 9.10. The molecule has 0 spiro atoms. The number of ketones is 1. The van der Waals surface area contributed by atoms with E-state index in [0.29, 0.717) is 21.3 Å². The van der Waals surface area contributed by atoms with Gasteiger partial charge in [0.05, 0.1) is 9.40 Å².